The second-order valence-corrected chi connectivity index (χ2v) is 5.01. The van der Waals surface area contributed by atoms with Crippen molar-refractivity contribution >= 4 is 9.84 Å². The molecule has 4 heteroatoms. The molecule has 0 bridgehead atoms. The molecule has 0 aliphatic heterocycles. The molecule has 0 aromatic carbocycles. The highest BCUT2D eigenvalue weighted by molar-refractivity contribution is 7.91. The van der Waals surface area contributed by atoms with Crippen LogP contribution in [0.2, 0.25) is 0 Å². The SMILES string of the molecule is CN[C@H](C)[C@H](C)S(C)(=O)=O. The Morgan fingerprint density at radius 1 is 1.30 bits per heavy atom. The zero-order valence-electron chi connectivity index (χ0n) is 6.88. The van der Waals surface area contributed by atoms with Crippen molar-refractivity contribution in [3.05, 3.63) is 0 Å². The van der Waals surface area contributed by atoms with Crippen LogP contribution in [0, 0.1) is 0 Å². The predicted molar refractivity (Wildman–Crippen MR) is 42.8 cm³/mol. The molecule has 10 heavy (non-hydrogen) atoms. The quantitative estimate of drug-likeness (QED) is 0.641. The van der Waals surface area contributed by atoms with E-state index in [-0.39, 0.29) is 11.3 Å². The van der Waals surface area contributed by atoms with Crippen molar-refractivity contribution in [1.82, 2.24) is 5.32 Å². The van der Waals surface area contributed by atoms with Gasteiger partial charge in [-0.3, -0.25) is 0 Å². The van der Waals surface area contributed by atoms with Crippen LogP contribution in [0.4, 0.5) is 0 Å². The first-order chi connectivity index (χ1) is 4.39. The molecule has 0 amide bonds. The Hall–Kier alpha value is -0.0900. The molecule has 0 heterocycles. The zero-order chi connectivity index (χ0) is 8.36. The van der Waals surface area contributed by atoms with E-state index in [0.29, 0.717) is 0 Å². The zero-order valence-corrected chi connectivity index (χ0v) is 7.70. The Labute approximate surface area is 62.7 Å². The van der Waals surface area contributed by atoms with Gasteiger partial charge in [-0.15, -0.1) is 0 Å². The van der Waals surface area contributed by atoms with Crippen molar-refractivity contribution in [3.63, 3.8) is 0 Å². The lowest BCUT2D eigenvalue weighted by Gasteiger charge is -2.16. The Kier molecular flexibility index (Phi) is 3.31. The standard InChI is InChI=1S/C6H15NO2S/c1-5(7-3)6(2)10(4,8)9/h5-7H,1-4H3/t5-,6+/m1/s1. The molecule has 0 aliphatic carbocycles. The fourth-order valence-corrected chi connectivity index (χ4v) is 1.48. The summed E-state index contributed by atoms with van der Waals surface area (Å²) in [6, 6.07) is 0.0231. The van der Waals surface area contributed by atoms with Gasteiger partial charge in [0, 0.05) is 12.3 Å². The molecule has 1 N–H and O–H groups in total. The van der Waals surface area contributed by atoms with E-state index in [1.165, 1.54) is 6.26 Å². The summed E-state index contributed by atoms with van der Waals surface area (Å²) in [5.41, 5.74) is 0. The minimum absolute atomic E-state index is 0.0231. The van der Waals surface area contributed by atoms with E-state index in [1.807, 2.05) is 6.92 Å². The van der Waals surface area contributed by atoms with Crippen LogP contribution >= 0.6 is 0 Å². The third-order valence-electron chi connectivity index (χ3n) is 1.83. The fourth-order valence-electron chi connectivity index (χ4n) is 0.605. The highest BCUT2D eigenvalue weighted by Crippen LogP contribution is 2.02. The van der Waals surface area contributed by atoms with Gasteiger partial charge in [0.05, 0.1) is 5.25 Å². The van der Waals surface area contributed by atoms with E-state index in [4.69, 9.17) is 0 Å². The number of hydrogen-bond donors (Lipinski definition) is 1. The lowest BCUT2D eigenvalue weighted by atomic mass is 10.3. The highest BCUT2D eigenvalue weighted by Gasteiger charge is 2.19. The number of sulfone groups is 1. The molecular weight excluding hydrogens is 150 g/mol. The summed E-state index contributed by atoms with van der Waals surface area (Å²) in [6.07, 6.45) is 1.26. The molecule has 0 rings (SSSR count). The van der Waals surface area contributed by atoms with Crippen molar-refractivity contribution in [2.45, 2.75) is 25.1 Å². The van der Waals surface area contributed by atoms with Gasteiger partial charge in [0.15, 0.2) is 9.84 Å². The Balaban J connectivity index is 4.23. The van der Waals surface area contributed by atoms with E-state index in [9.17, 15) is 8.42 Å². The summed E-state index contributed by atoms with van der Waals surface area (Å²) in [6.45, 7) is 3.56. The molecule has 0 aliphatic rings. The molecule has 2 atom stereocenters. The number of rotatable bonds is 3. The Bertz CT molecular complexity index is 186. The molecule has 0 aromatic heterocycles. The fraction of sp³-hybridized carbons (Fsp3) is 1.00. The highest BCUT2D eigenvalue weighted by atomic mass is 32.2. The van der Waals surface area contributed by atoms with Gasteiger partial charge in [-0.05, 0) is 20.9 Å². The van der Waals surface area contributed by atoms with E-state index in [0.717, 1.165) is 0 Å². The number of nitrogens with one attached hydrogen (secondary N) is 1. The first-order valence-corrected chi connectivity index (χ1v) is 5.21. The van der Waals surface area contributed by atoms with Gasteiger partial charge in [0.25, 0.3) is 0 Å². The molecule has 0 saturated carbocycles. The molecule has 0 saturated heterocycles. The van der Waals surface area contributed by atoms with Gasteiger partial charge in [-0.25, -0.2) is 8.42 Å². The minimum atomic E-state index is -2.88. The molecule has 0 unspecified atom stereocenters. The first-order valence-electron chi connectivity index (χ1n) is 3.25. The van der Waals surface area contributed by atoms with E-state index < -0.39 is 9.84 Å². The van der Waals surface area contributed by atoms with Crippen molar-refractivity contribution < 1.29 is 8.42 Å². The molecule has 0 fully saturated rings. The first kappa shape index (κ1) is 9.91. The third kappa shape index (κ3) is 2.66. The third-order valence-corrected chi connectivity index (χ3v) is 3.59. The minimum Gasteiger partial charge on any atom is -0.316 e. The topological polar surface area (TPSA) is 46.2 Å². The van der Waals surface area contributed by atoms with Crippen LogP contribution in [0.3, 0.4) is 0 Å². The van der Waals surface area contributed by atoms with Gasteiger partial charge >= 0.3 is 0 Å². The maximum absolute atomic E-state index is 10.9. The summed E-state index contributed by atoms with van der Waals surface area (Å²) in [7, 11) is -1.12. The van der Waals surface area contributed by atoms with Crippen LogP contribution in [0.1, 0.15) is 13.8 Å². The molecular formula is C6H15NO2S. The molecule has 0 aromatic rings. The average molecular weight is 165 g/mol. The van der Waals surface area contributed by atoms with E-state index in [2.05, 4.69) is 5.32 Å². The Morgan fingerprint density at radius 2 is 1.70 bits per heavy atom. The summed E-state index contributed by atoms with van der Waals surface area (Å²) >= 11 is 0. The maximum atomic E-state index is 10.9. The van der Waals surface area contributed by atoms with Crippen LogP contribution in [0.25, 0.3) is 0 Å². The van der Waals surface area contributed by atoms with E-state index in [1.54, 1.807) is 14.0 Å². The van der Waals surface area contributed by atoms with Crippen molar-refractivity contribution in [1.29, 1.82) is 0 Å². The normalized spacial score (nSPS) is 18.4. The predicted octanol–water partition coefficient (Wildman–Crippen LogP) is 0.0274. The van der Waals surface area contributed by atoms with Crippen molar-refractivity contribution in [2.24, 2.45) is 0 Å². The smallest absolute Gasteiger partial charge is 0.151 e. The van der Waals surface area contributed by atoms with Gasteiger partial charge in [0.2, 0.25) is 0 Å². The van der Waals surface area contributed by atoms with Gasteiger partial charge < -0.3 is 5.32 Å². The number of hydrogen-bond acceptors (Lipinski definition) is 3. The summed E-state index contributed by atoms with van der Waals surface area (Å²) in [4.78, 5) is 0. The second kappa shape index (κ2) is 3.34. The van der Waals surface area contributed by atoms with Crippen LogP contribution in [-0.2, 0) is 9.84 Å². The second-order valence-electron chi connectivity index (χ2n) is 2.61. The van der Waals surface area contributed by atoms with Gasteiger partial charge in [-0.2, -0.15) is 0 Å². The van der Waals surface area contributed by atoms with Crippen molar-refractivity contribution in [3.8, 4) is 0 Å². The molecule has 3 nitrogen and oxygen atoms in total. The molecule has 0 spiro atoms. The maximum Gasteiger partial charge on any atom is 0.151 e. The summed E-state index contributed by atoms with van der Waals surface area (Å²) in [5.74, 6) is 0. The van der Waals surface area contributed by atoms with Crippen LogP contribution in [-0.4, -0.2) is 33.0 Å². The van der Waals surface area contributed by atoms with Crippen molar-refractivity contribution in [2.75, 3.05) is 13.3 Å². The van der Waals surface area contributed by atoms with Crippen LogP contribution in [0.5, 0.6) is 0 Å². The summed E-state index contributed by atoms with van der Waals surface area (Å²) < 4.78 is 21.8. The largest absolute Gasteiger partial charge is 0.316 e. The van der Waals surface area contributed by atoms with Gasteiger partial charge in [0.1, 0.15) is 0 Å². The lowest BCUT2D eigenvalue weighted by molar-refractivity contribution is 0.544. The average Bonchev–Trinajstić information content (AvgIpc) is 1.83. The van der Waals surface area contributed by atoms with Gasteiger partial charge in [-0.1, -0.05) is 0 Å². The molecule has 0 radical (unpaired) electrons. The van der Waals surface area contributed by atoms with Crippen LogP contribution < -0.4 is 5.32 Å². The monoisotopic (exact) mass is 165 g/mol. The lowest BCUT2D eigenvalue weighted by Crippen LogP contribution is -2.37. The van der Waals surface area contributed by atoms with Crippen LogP contribution in [0.15, 0.2) is 0 Å². The summed E-state index contributed by atoms with van der Waals surface area (Å²) in [5, 5.41) is 2.58. The molecule has 62 valence electrons. The Morgan fingerprint density at radius 3 is 1.80 bits per heavy atom. The van der Waals surface area contributed by atoms with E-state index >= 15 is 0 Å².